The van der Waals surface area contributed by atoms with E-state index in [1.165, 1.54) is 6.08 Å². The van der Waals surface area contributed by atoms with Gasteiger partial charge in [-0.1, -0.05) is 55.1 Å². The van der Waals surface area contributed by atoms with E-state index in [1.807, 2.05) is 31.2 Å². The van der Waals surface area contributed by atoms with Crippen LogP contribution in [-0.2, 0) is 0 Å². The van der Waals surface area contributed by atoms with Crippen LogP contribution in [0.1, 0.15) is 25.0 Å². The van der Waals surface area contributed by atoms with Gasteiger partial charge in [-0.25, -0.2) is 17.6 Å². The Labute approximate surface area is 145 Å². The Hall–Kier alpha value is -2.62. The molecule has 132 valence electrons. The molecule has 1 rings (SSSR count). The summed E-state index contributed by atoms with van der Waals surface area (Å²) in [5.41, 5.74) is 2.39. The Balaban J connectivity index is 3.06. The zero-order valence-electron chi connectivity index (χ0n) is 14.5. The second kappa shape index (κ2) is 9.02. The number of rotatable bonds is 6. The van der Waals surface area contributed by atoms with Gasteiger partial charge in [0.1, 0.15) is 11.7 Å². The average Bonchev–Trinajstić information content (AvgIpc) is 2.54. The molecule has 0 radical (unpaired) electrons. The highest BCUT2D eigenvalue weighted by atomic mass is 19.2. The lowest BCUT2D eigenvalue weighted by Gasteiger charge is -2.05. The van der Waals surface area contributed by atoms with Gasteiger partial charge in [0.15, 0.2) is 11.7 Å². The van der Waals surface area contributed by atoms with Gasteiger partial charge >= 0.3 is 0 Å². The summed E-state index contributed by atoms with van der Waals surface area (Å²) in [6, 6.07) is 7.56. The minimum atomic E-state index is -1.63. The summed E-state index contributed by atoms with van der Waals surface area (Å²) >= 11 is 0. The van der Waals surface area contributed by atoms with Crippen molar-refractivity contribution in [3.8, 4) is 0 Å². The zero-order chi connectivity index (χ0) is 19.1. The van der Waals surface area contributed by atoms with E-state index < -0.39 is 23.3 Å². The molecule has 0 nitrogen and oxygen atoms in total. The molecule has 0 spiro atoms. The van der Waals surface area contributed by atoms with E-state index in [0.29, 0.717) is 11.6 Å². The van der Waals surface area contributed by atoms with Gasteiger partial charge in [-0.2, -0.15) is 0 Å². The van der Waals surface area contributed by atoms with Crippen LogP contribution in [0.2, 0.25) is 0 Å². The summed E-state index contributed by atoms with van der Waals surface area (Å²) in [6.45, 7) is 11.3. The number of aryl methyl sites for hydroxylation is 1. The van der Waals surface area contributed by atoms with Crippen LogP contribution in [-0.4, -0.2) is 0 Å². The third-order valence-corrected chi connectivity index (χ3v) is 3.40. The minimum absolute atomic E-state index is 0.0345. The van der Waals surface area contributed by atoms with Crippen LogP contribution >= 0.6 is 0 Å². The largest absolute Gasteiger partial charge is 0.211 e. The fourth-order valence-electron chi connectivity index (χ4n) is 1.95. The van der Waals surface area contributed by atoms with E-state index >= 15 is 0 Å². The van der Waals surface area contributed by atoms with Crippen molar-refractivity contribution in [2.45, 2.75) is 20.8 Å². The van der Waals surface area contributed by atoms with Crippen LogP contribution in [0, 0.1) is 6.92 Å². The monoisotopic (exact) mass is 348 g/mol. The first-order chi connectivity index (χ1) is 11.6. The molecule has 0 bridgehead atoms. The second-order valence-electron chi connectivity index (χ2n) is 5.54. The highest BCUT2D eigenvalue weighted by Gasteiger charge is 2.10. The summed E-state index contributed by atoms with van der Waals surface area (Å²) in [7, 11) is 0. The normalized spacial score (nSPS) is 14.3. The lowest BCUT2D eigenvalue weighted by atomic mass is 10.0. The molecule has 0 saturated carbocycles. The van der Waals surface area contributed by atoms with Crippen LogP contribution in [0.4, 0.5) is 17.6 Å². The average molecular weight is 348 g/mol. The van der Waals surface area contributed by atoms with Gasteiger partial charge < -0.3 is 0 Å². The molecule has 0 saturated heterocycles. The summed E-state index contributed by atoms with van der Waals surface area (Å²) < 4.78 is 53.2. The van der Waals surface area contributed by atoms with Crippen LogP contribution in [0.3, 0.4) is 0 Å². The Morgan fingerprint density at radius 3 is 1.92 bits per heavy atom. The number of allylic oxidation sites excluding steroid dienone is 10. The van der Waals surface area contributed by atoms with Gasteiger partial charge in [0, 0.05) is 5.57 Å². The number of hydrogen-bond donors (Lipinski definition) is 0. The summed E-state index contributed by atoms with van der Waals surface area (Å²) in [5.74, 6) is -5.02. The van der Waals surface area contributed by atoms with Gasteiger partial charge in [0.25, 0.3) is 0 Å². The van der Waals surface area contributed by atoms with Crippen molar-refractivity contribution in [2.75, 3.05) is 0 Å². The van der Waals surface area contributed by atoms with Gasteiger partial charge in [0.2, 0.25) is 0 Å². The van der Waals surface area contributed by atoms with Crippen LogP contribution in [0.25, 0.3) is 5.57 Å². The Bertz CT molecular complexity index is 780. The molecule has 0 fully saturated rings. The van der Waals surface area contributed by atoms with Crippen molar-refractivity contribution >= 4 is 5.57 Å². The van der Waals surface area contributed by atoms with E-state index in [4.69, 9.17) is 0 Å². The predicted octanol–water partition coefficient (Wildman–Crippen LogP) is 7.39. The Kier molecular flexibility index (Phi) is 7.37. The lowest BCUT2D eigenvalue weighted by molar-refractivity contribution is 0.494. The molecule has 4 heteroatoms. The highest BCUT2D eigenvalue weighted by molar-refractivity contribution is 5.73. The first kappa shape index (κ1) is 20.4. The first-order valence-corrected chi connectivity index (χ1v) is 7.52. The second-order valence-corrected chi connectivity index (χ2v) is 5.54. The number of halogens is 4. The SMILES string of the molecule is C=C(/C=C(F)\C(F)=C(/C)F)C(/C=C\C(=C)c1ccc(C)cc1)=C(/C)F. The quantitative estimate of drug-likeness (QED) is 0.371. The number of benzene rings is 1. The standard InChI is InChI=1S/C21H20F4/c1-13-6-9-18(10-7-13)14(2)8-11-19(16(4)22)15(3)12-20(24)21(25)17(5)23/h6-12H,2-3H2,1,4-5H3/b11-8-,19-16-,20-12+,21-17-. The third kappa shape index (κ3) is 6.07. The molecule has 25 heavy (non-hydrogen) atoms. The van der Waals surface area contributed by atoms with Crippen LogP contribution in [0.15, 0.2) is 90.1 Å². The molecule has 0 amide bonds. The molecular formula is C21H20F4. The van der Waals surface area contributed by atoms with Crippen molar-refractivity contribution in [1.29, 1.82) is 0 Å². The summed E-state index contributed by atoms with van der Waals surface area (Å²) in [5, 5.41) is 0. The molecular weight excluding hydrogens is 328 g/mol. The maximum Gasteiger partial charge on any atom is 0.189 e. The minimum Gasteiger partial charge on any atom is -0.211 e. The van der Waals surface area contributed by atoms with Gasteiger partial charge in [-0.3, -0.25) is 0 Å². The van der Waals surface area contributed by atoms with Crippen molar-refractivity contribution in [2.24, 2.45) is 0 Å². The van der Waals surface area contributed by atoms with E-state index in [9.17, 15) is 17.6 Å². The Morgan fingerprint density at radius 2 is 1.44 bits per heavy atom. The van der Waals surface area contributed by atoms with Crippen LogP contribution in [0.5, 0.6) is 0 Å². The molecule has 1 aromatic rings. The van der Waals surface area contributed by atoms with Crippen molar-refractivity contribution < 1.29 is 17.6 Å². The number of hydrogen-bond acceptors (Lipinski definition) is 0. The van der Waals surface area contributed by atoms with Crippen LogP contribution < -0.4 is 0 Å². The molecule has 0 aliphatic carbocycles. The molecule has 0 atom stereocenters. The maximum absolute atomic E-state index is 13.7. The maximum atomic E-state index is 13.7. The van der Waals surface area contributed by atoms with Gasteiger partial charge in [-0.15, -0.1) is 0 Å². The smallest absolute Gasteiger partial charge is 0.189 e. The molecule has 0 N–H and O–H groups in total. The van der Waals surface area contributed by atoms with E-state index in [1.54, 1.807) is 6.08 Å². The predicted molar refractivity (Wildman–Crippen MR) is 96.4 cm³/mol. The van der Waals surface area contributed by atoms with Crippen molar-refractivity contribution in [3.05, 3.63) is 101 Å². The van der Waals surface area contributed by atoms with E-state index in [2.05, 4.69) is 13.2 Å². The Morgan fingerprint density at radius 1 is 0.880 bits per heavy atom. The molecule has 0 unspecified atom stereocenters. The lowest BCUT2D eigenvalue weighted by Crippen LogP contribution is -1.88. The van der Waals surface area contributed by atoms with Crippen molar-refractivity contribution in [1.82, 2.24) is 0 Å². The van der Waals surface area contributed by atoms with E-state index in [0.717, 1.165) is 25.0 Å². The van der Waals surface area contributed by atoms with Gasteiger partial charge in [-0.05, 0) is 43.6 Å². The van der Waals surface area contributed by atoms with E-state index in [-0.39, 0.29) is 11.1 Å². The van der Waals surface area contributed by atoms with Crippen molar-refractivity contribution in [3.63, 3.8) is 0 Å². The highest BCUT2D eigenvalue weighted by Crippen LogP contribution is 2.25. The molecule has 0 aliphatic heterocycles. The summed E-state index contributed by atoms with van der Waals surface area (Å²) in [4.78, 5) is 0. The third-order valence-electron chi connectivity index (χ3n) is 3.40. The molecule has 0 aliphatic rings. The zero-order valence-corrected chi connectivity index (χ0v) is 14.5. The fraction of sp³-hybridized carbons (Fsp3) is 0.143. The molecule has 0 heterocycles. The molecule has 0 aromatic heterocycles. The fourth-order valence-corrected chi connectivity index (χ4v) is 1.95. The van der Waals surface area contributed by atoms with Gasteiger partial charge in [0.05, 0.1) is 0 Å². The molecule has 1 aromatic carbocycles. The summed E-state index contributed by atoms with van der Waals surface area (Å²) in [6.07, 6.45) is 3.57. The first-order valence-electron chi connectivity index (χ1n) is 7.52. The topological polar surface area (TPSA) is 0 Å².